The first-order chi connectivity index (χ1) is 5.14. The molecule has 0 aromatic rings. The van der Waals surface area contributed by atoms with Gasteiger partial charge in [0.25, 0.3) is 0 Å². The van der Waals surface area contributed by atoms with Gasteiger partial charge in [0.05, 0.1) is 0 Å². The molecule has 1 saturated carbocycles. The van der Waals surface area contributed by atoms with Gasteiger partial charge < -0.3 is 4.85 Å². The van der Waals surface area contributed by atoms with Gasteiger partial charge >= 0.3 is 0 Å². The standard InChI is InChI=1S/C10H17N/c1-10(2)6-4-9(5-7-10)8-11-3/h9H,4-8H2,1-2H3. The van der Waals surface area contributed by atoms with Gasteiger partial charge in [-0.05, 0) is 31.1 Å². The molecule has 62 valence electrons. The summed E-state index contributed by atoms with van der Waals surface area (Å²) in [4.78, 5) is 3.46. The third-order valence-electron chi connectivity index (χ3n) is 2.81. The molecule has 0 aliphatic heterocycles. The largest absolute Gasteiger partial charge is 0.317 e. The Balaban J connectivity index is 2.32. The highest BCUT2D eigenvalue weighted by atomic mass is 14.6. The Morgan fingerprint density at radius 1 is 1.36 bits per heavy atom. The van der Waals surface area contributed by atoms with Gasteiger partial charge in [-0.3, -0.25) is 0 Å². The van der Waals surface area contributed by atoms with Crippen molar-refractivity contribution in [1.82, 2.24) is 0 Å². The van der Waals surface area contributed by atoms with Gasteiger partial charge in [0.15, 0.2) is 0 Å². The van der Waals surface area contributed by atoms with Gasteiger partial charge in [-0.25, -0.2) is 6.57 Å². The lowest BCUT2D eigenvalue weighted by Crippen LogP contribution is -2.22. The summed E-state index contributed by atoms with van der Waals surface area (Å²) in [7, 11) is 0. The van der Waals surface area contributed by atoms with E-state index in [9.17, 15) is 0 Å². The predicted octanol–water partition coefficient (Wildman–Crippen LogP) is 3.12. The summed E-state index contributed by atoms with van der Waals surface area (Å²) in [5.74, 6) is 0.709. The van der Waals surface area contributed by atoms with Crippen molar-refractivity contribution in [2.24, 2.45) is 11.3 Å². The van der Waals surface area contributed by atoms with Crippen molar-refractivity contribution in [2.45, 2.75) is 39.5 Å². The molecule has 1 nitrogen and oxygen atoms in total. The van der Waals surface area contributed by atoms with Crippen LogP contribution in [0.1, 0.15) is 39.5 Å². The van der Waals surface area contributed by atoms with Crippen LogP contribution in [0.5, 0.6) is 0 Å². The molecule has 1 aliphatic rings. The molecule has 1 fully saturated rings. The highest BCUT2D eigenvalue weighted by Crippen LogP contribution is 2.37. The monoisotopic (exact) mass is 151 g/mol. The molecule has 1 rings (SSSR count). The lowest BCUT2D eigenvalue weighted by atomic mass is 9.73. The van der Waals surface area contributed by atoms with E-state index < -0.39 is 0 Å². The summed E-state index contributed by atoms with van der Waals surface area (Å²) < 4.78 is 0. The van der Waals surface area contributed by atoms with Crippen molar-refractivity contribution in [3.05, 3.63) is 11.4 Å². The van der Waals surface area contributed by atoms with Gasteiger partial charge in [-0.1, -0.05) is 13.8 Å². The van der Waals surface area contributed by atoms with Crippen LogP contribution in [-0.2, 0) is 0 Å². The first kappa shape index (κ1) is 8.59. The molecule has 0 unspecified atom stereocenters. The van der Waals surface area contributed by atoms with Gasteiger partial charge in [-0.15, -0.1) is 0 Å². The van der Waals surface area contributed by atoms with Gasteiger partial charge in [0, 0.05) is 5.92 Å². The van der Waals surface area contributed by atoms with Crippen LogP contribution in [0.4, 0.5) is 0 Å². The third-order valence-corrected chi connectivity index (χ3v) is 2.81. The van der Waals surface area contributed by atoms with Gasteiger partial charge in [0.1, 0.15) is 0 Å². The van der Waals surface area contributed by atoms with E-state index in [4.69, 9.17) is 6.57 Å². The van der Waals surface area contributed by atoms with Crippen LogP contribution in [0.3, 0.4) is 0 Å². The Morgan fingerprint density at radius 3 is 2.36 bits per heavy atom. The predicted molar refractivity (Wildman–Crippen MR) is 47.2 cm³/mol. The molecule has 0 aromatic heterocycles. The Kier molecular flexibility index (Phi) is 2.54. The maximum atomic E-state index is 6.76. The van der Waals surface area contributed by atoms with E-state index in [1.165, 1.54) is 25.7 Å². The lowest BCUT2D eigenvalue weighted by molar-refractivity contribution is 0.199. The van der Waals surface area contributed by atoms with Crippen molar-refractivity contribution < 1.29 is 0 Å². The van der Waals surface area contributed by atoms with Gasteiger partial charge in [0.2, 0.25) is 6.54 Å². The minimum absolute atomic E-state index is 0.554. The van der Waals surface area contributed by atoms with E-state index in [1.54, 1.807) is 0 Å². The summed E-state index contributed by atoms with van der Waals surface area (Å²) in [5.41, 5.74) is 0.554. The molecule has 0 N–H and O–H groups in total. The molecule has 0 radical (unpaired) electrons. The first-order valence-electron chi connectivity index (χ1n) is 4.47. The molecule has 1 heteroatoms. The summed E-state index contributed by atoms with van der Waals surface area (Å²) in [6, 6.07) is 0. The number of hydrogen-bond donors (Lipinski definition) is 0. The fourth-order valence-electron chi connectivity index (χ4n) is 1.77. The van der Waals surface area contributed by atoms with Crippen LogP contribution < -0.4 is 0 Å². The topological polar surface area (TPSA) is 4.36 Å². The van der Waals surface area contributed by atoms with E-state index in [-0.39, 0.29) is 0 Å². The van der Waals surface area contributed by atoms with E-state index in [0.29, 0.717) is 11.3 Å². The molecule has 0 amide bonds. The van der Waals surface area contributed by atoms with E-state index in [0.717, 1.165) is 6.54 Å². The maximum absolute atomic E-state index is 6.76. The second kappa shape index (κ2) is 3.26. The van der Waals surface area contributed by atoms with Crippen molar-refractivity contribution in [3.8, 4) is 0 Å². The average molecular weight is 151 g/mol. The van der Waals surface area contributed by atoms with Crippen LogP contribution in [0, 0.1) is 17.9 Å². The summed E-state index contributed by atoms with van der Waals surface area (Å²) >= 11 is 0. The molecule has 0 heterocycles. The molecule has 0 aromatic carbocycles. The number of rotatable bonds is 1. The zero-order valence-corrected chi connectivity index (χ0v) is 7.56. The van der Waals surface area contributed by atoms with E-state index in [1.807, 2.05) is 0 Å². The fraction of sp³-hybridized carbons (Fsp3) is 0.900. The van der Waals surface area contributed by atoms with Crippen LogP contribution in [0.2, 0.25) is 0 Å². The number of nitrogens with zero attached hydrogens (tertiary/aromatic N) is 1. The summed E-state index contributed by atoms with van der Waals surface area (Å²) in [6.07, 6.45) is 5.17. The van der Waals surface area contributed by atoms with Gasteiger partial charge in [-0.2, -0.15) is 0 Å². The average Bonchev–Trinajstić information content (AvgIpc) is 1.94. The van der Waals surface area contributed by atoms with E-state index in [2.05, 4.69) is 18.7 Å². The molecule has 0 bridgehead atoms. The Hall–Kier alpha value is -0.510. The van der Waals surface area contributed by atoms with Crippen molar-refractivity contribution in [3.63, 3.8) is 0 Å². The van der Waals surface area contributed by atoms with Crippen molar-refractivity contribution >= 4 is 0 Å². The normalized spacial score (nSPS) is 24.5. The second-order valence-corrected chi connectivity index (χ2v) is 4.45. The fourth-order valence-corrected chi connectivity index (χ4v) is 1.77. The van der Waals surface area contributed by atoms with Crippen molar-refractivity contribution in [1.29, 1.82) is 0 Å². The van der Waals surface area contributed by atoms with Crippen molar-refractivity contribution in [2.75, 3.05) is 6.54 Å². The SMILES string of the molecule is [C-]#[N+]CC1CCC(C)(C)CC1. The zero-order chi connectivity index (χ0) is 8.32. The Labute approximate surface area is 69.6 Å². The smallest absolute Gasteiger partial charge is 0.217 e. The lowest BCUT2D eigenvalue weighted by Gasteiger charge is -2.32. The Bertz CT molecular complexity index is 154. The zero-order valence-electron chi connectivity index (χ0n) is 7.56. The molecule has 0 spiro atoms. The molecule has 11 heavy (non-hydrogen) atoms. The third kappa shape index (κ3) is 2.54. The van der Waals surface area contributed by atoms with Crippen LogP contribution in [0.25, 0.3) is 4.85 Å². The molecule has 0 atom stereocenters. The first-order valence-corrected chi connectivity index (χ1v) is 4.47. The highest BCUT2D eigenvalue weighted by Gasteiger charge is 2.27. The second-order valence-electron chi connectivity index (χ2n) is 4.45. The Morgan fingerprint density at radius 2 is 1.91 bits per heavy atom. The minimum atomic E-state index is 0.554. The van der Waals surface area contributed by atoms with Crippen LogP contribution in [-0.4, -0.2) is 6.54 Å². The highest BCUT2D eigenvalue weighted by molar-refractivity contribution is 4.81. The summed E-state index contributed by atoms with van der Waals surface area (Å²) in [6.45, 7) is 12.2. The van der Waals surface area contributed by atoms with Crippen LogP contribution in [0.15, 0.2) is 0 Å². The minimum Gasteiger partial charge on any atom is -0.317 e. The maximum Gasteiger partial charge on any atom is 0.217 e. The quantitative estimate of drug-likeness (QED) is 0.507. The molecule has 1 aliphatic carbocycles. The van der Waals surface area contributed by atoms with Crippen LogP contribution >= 0.6 is 0 Å². The summed E-state index contributed by atoms with van der Waals surface area (Å²) in [5, 5.41) is 0. The number of hydrogen-bond acceptors (Lipinski definition) is 0. The van der Waals surface area contributed by atoms with E-state index >= 15 is 0 Å². The molecule has 0 saturated heterocycles. The molecular weight excluding hydrogens is 134 g/mol. The molecular formula is C10H17N.